The monoisotopic (exact) mass is 397 g/mol. The number of rotatable bonds is 1. The first-order valence-corrected chi connectivity index (χ1v) is 9.04. The Kier molecular flexibility index (Phi) is 3.38. The number of quaternary nitrogens is 1. The fourth-order valence-corrected chi connectivity index (χ4v) is 4.94. The smallest absolute Gasteiger partial charge is 0.299 e. The molecular weight excluding hydrogens is 380 g/mol. The van der Waals surface area contributed by atoms with Crippen LogP contribution in [0.5, 0.6) is 0 Å². The van der Waals surface area contributed by atoms with Crippen LogP contribution in [-0.4, -0.2) is 38.4 Å². The molecule has 7 heteroatoms. The Morgan fingerprint density at radius 2 is 2.22 bits per heavy atom. The van der Waals surface area contributed by atoms with Crippen molar-refractivity contribution >= 4 is 44.6 Å². The predicted octanol–water partition coefficient (Wildman–Crippen LogP) is 3.53. The third-order valence-electron chi connectivity index (χ3n) is 5.45. The van der Waals surface area contributed by atoms with E-state index in [1.54, 1.807) is 18.6 Å². The van der Waals surface area contributed by atoms with Crippen molar-refractivity contribution in [1.29, 1.82) is 0 Å². The average molecular weight is 399 g/mol. The van der Waals surface area contributed by atoms with Gasteiger partial charge < -0.3 is 4.90 Å². The number of allylic oxidation sites excluding steroid dienone is 1. The van der Waals surface area contributed by atoms with E-state index in [9.17, 15) is 4.79 Å². The van der Waals surface area contributed by atoms with Crippen molar-refractivity contribution in [1.82, 2.24) is 4.90 Å². The van der Waals surface area contributed by atoms with E-state index in [0.29, 0.717) is 17.2 Å². The van der Waals surface area contributed by atoms with Crippen molar-refractivity contribution < 1.29 is 8.80 Å². The Balaban J connectivity index is 1.66. The zero-order valence-electron chi connectivity index (χ0n) is 13.2. The molecule has 3 atom stereocenters. The summed E-state index contributed by atoms with van der Waals surface area (Å²) in [5, 5.41) is 0. The largest absolute Gasteiger partial charge is 0.338 e. The molecule has 0 aromatic heterocycles. The molecule has 0 spiro atoms. The van der Waals surface area contributed by atoms with Gasteiger partial charge in [-0.2, -0.15) is 4.99 Å². The number of nitrogens with zero attached hydrogens (tertiary/aromatic N) is 4. The van der Waals surface area contributed by atoms with Gasteiger partial charge in [0.2, 0.25) is 11.6 Å². The lowest BCUT2D eigenvalue weighted by Crippen LogP contribution is -2.45. The average Bonchev–Trinajstić information content (AvgIpc) is 2.90. The fourth-order valence-electron chi connectivity index (χ4n) is 4.22. The molecule has 0 aliphatic carbocycles. The highest BCUT2D eigenvalue weighted by molar-refractivity contribution is 9.18. The van der Waals surface area contributed by atoms with E-state index < -0.39 is 0 Å². The quantitative estimate of drug-likeness (QED) is 0.492. The minimum atomic E-state index is 0.0121. The van der Waals surface area contributed by atoms with Crippen LogP contribution in [0, 0.1) is 11.3 Å². The fraction of sp³-hybridized carbons (Fsp3) is 0.562. The lowest BCUT2D eigenvalue weighted by molar-refractivity contribution is -0.595. The number of hydrogen-bond donors (Lipinski definition) is 0. The van der Waals surface area contributed by atoms with Gasteiger partial charge in [-0.25, -0.2) is 0 Å². The lowest BCUT2D eigenvalue weighted by atomic mass is 9.78. The van der Waals surface area contributed by atoms with E-state index in [4.69, 9.17) is 11.8 Å². The number of carbonyl (C=O) groups excluding carboxylic acids is 1. The van der Waals surface area contributed by atoms with Crippen molar-refractivity contribution in [3.8, 4) is 0 Å². The molecule has 0 saturated carbocycles. The summed E-state index contributed by atoms with van der Waals surface area (Å²) < 4.78 is 0.667. The van der Waals surface area contributed by atoms with Crippen LogP contribution in [0.25, 0.3) is 0 Å². The van der Waals surface area contributed by atoms with E-state index >= 15 is 0 Å². The molecule has 2 fully saturated rings. The highest BCUT2D eigenvalue weighted by Gasteiger charge is 2.51. The summed E-state index contributed by atoms with van der Waals surface area (Å²) in [7, 11) is 0. The Morgan fingerprint density at radius 1 is 1.43 bits per heavy atom. The van der Waals surface area contributed by atoms with Gasteiger partial charge in [0, 0.05) is 40.9 Å². The second-order valence-electron chi connectivity index (χ2n) is 7.37. The van der Waals surface area contributed by atoms with Crippen molar-refractivity contribution in [2.75, 3.05) is 6.54 Å². The Morgan fingerprint density at radius 3 is 3.00 bits per heavy atom. The highest BCUT2D eigenvalue weighted by atomic mass is 79.9. The van der Waals surface area contributed by atoms with Gasteiger partial charge in [0.05, 0.1) is 12.4 Å². The summed E-state index contributed by atoms with van der Waals surface area (Å²) in [4.78, 5) is 23.3. The van der Waals surface area contributed by atoms with Crippen LogP contribution >= 0.6 is 27.7 Å². The van der Waals surface area contributed by atoms with Crippen LogP contribution in [0.3, 0.4) is 0 Å². The van der Waals surface area contributed by atoms with Crippen LogP contribution in [-0.2, 0) is 4.79 Å². The van der Waals surface area contributed by atoms with Crippen molar-refractivity contribution in [2.24, 2.45) is 21.3 Å². The van der Waals surface area contributed by atoms with Crippen LogP contribution in [0.2, 0.25) is 0 Å². The van der Waals surface area contributed by atoms with E-state index in [2.05, 4.69) is 44.7 Å². The summed E-state index contributed by atoms with van der Waals surface area (Å²) in [6.07, 6.45) is 7.94. The summed E-state index contributed by atoms with van der Waals surface area (Å²) in [6.45, 7) is 5.12. The molecule has 23 heavy (non-hydrogen) atoms. The van der Waals surface area contributed by atoms with Crippen molar-refractivity contribution in [3.05, 3.63) is 23.8 Å². The molecule has 122 valence electrons. The molecule has 0 radical (unpaired) electrons. The molecule has 0 N–H and O–H groups in total. The van der Waals surface area contributed by atoms with E-state index in [0.717, 1.165) is 30.8 Å². The molecule has 4 aliphatic heterocycles. The first-order chi connectivity index (χ1) is 10.8. The number of hydrogen-bond acceptors (Lipinski definition) is 3. The summed E-state index contributed by atoms with van der Waals surface area (Å²) >= 11 is 10.2. The van der Waals surface area contributed by atoms with E-state index in [1.165, 1.54) is 0 Å². The lowest BCUT2D eigenvalue weighted by Gasteiger charge is -2.39. The summed E-state index contributed by atoms with van der Waals surface area (Å²) in [6, 6.07) is 0.348. The topological polar surface area (TPSA) is 45.0 Å². The molecule has 0 aromatic carbocycles. The molecule has 4 heterocycles. The maximum absolute atomic E-state index is 12.4. The number of amidine groups is 1. The van der Waals surface area contributed by atoms with E-state index in [1.807, 2.05) is 0 Å². The molecule has 1 amide bonds. The Hall–Kier alpha value is -0.980. The number of aliphatic imine (C=N–C) groups is 2. The van der Waals surface area contributed by atoms with Crippen LogP contribution in [0.15, 0.2) is 33.8 Å². The molecule has 2 saturated heterocycles. The highest BCUT2D eigenvalue weighted by Crippen LogP contribution is 2.47. The second-order valence-corrected chi connectivity index (χ2v) is 8.61. The van der Waals surface area contributed by atoms with E-state index in [-0.39, 0.29) is 21.2 Å². The Labute approximate surface area is 149 Å². The second kappa shape index (κ2) is 5.01. The normalized spacial score (nSPS) is 38.0. The van der Waals surface area contributed by atoms with Gasteiger partial charge in [-0.05, 0) is 18.3 Å². The maximum Gasteiger partial charge on any atom is 0.299 e. The Bertz CT molecular complexity index is 711. The van der Waals surface area contributed by atoms with Crippen LogP contribution in [0.4, 0.5) is 0 Å². The molecule has 0 aromatic rings. The van der Waals surface area contributed by atoms with Crippen LogP contribution < -0.4 is 0 Å². The van der Waals surface area contributed by atoms with Gasteiger partial charge in [-0.3, -0.25) is 9.79 Å². The van der Waals surface area contributed by atoms with Gasteiger partial charge in [-0.1, -0.05) is 13.8 Å². The van der Waals surface area contributed by atoms with Gasteiger partial charge in [0.1, 0.15) is 11.9 Å². The molecule has 0 bridgehead atoms. The minimum absolute atomic E-state index is 0.0121. The van der Waals surface area contributed by atoms with Crippen molar-refractivity contribution in [2.45, 2.75) is 39.2 Å². The first-order valence-electron chi connectivity index (χ1n) is 7.91. The van der Waals surface area contributed by atoms with Gasteiger partial charge in [0.15, 0.2) is 11.8 Å². The third-order valence-corrected chi connectivity index (χ3v) is 6.84. The zero-order valence-corrected chi connectivity index (χ0v) is 15.5. The van der Waals surface area contributed by atoms with Crippen molar-refractivity contribution in [3.63, 3.8) is 0 Å². The van der Waals surface area contributed by atoms with Gasteiger partial charge in [-0.15, -0.1) is 4.00 Å². The van der Waals surface area contributed by atoms with Crippen LogP contribution in [0.1, 0.15) is 33.1 Å². The SMILES string of the molecule is CC1(C)CC(=O)N2CC(C3=C4C=NC=C[N+]4(Cl)C(Br)=N3)CCC21. The molecule has 4 aliphatic rings. The van der Waals surface area contributed by atoms with Gasteiger partial charge >= 0.3 is 0 Å². The number of halogens is 2. The number of amides is 1. The number of piperidine rings is 1. The first kappa shape index (κ1) is 15.5. The predicted molar refractivity (Wildman–Crippen MR) is 93.8 cm³/mol. The molecule has 3 unspecified atom stereocenters. The molecular formula is C16H19BrClN4O+. The molecule has 4 rings (SSSR count). The molecule has 5 nitrogen and oxygen atoms in total. The number of carbonyl (C=O) groups is 1. The maximum atomic E-state index is 12.4. The number of fused-ring (bicyclic) bond motifs is 2. The zero-order chi connectivity index (χ0) is 16.4. The van der Waals surface area contributed by atoms with Gasteiger partial charge in [0.25, 0.3) is 4.74 Å². The minimum Gasteiger partial charge on any atom is -0.338 e. The standard InChI is InChI=1S/C16H19BrClN4O/c1-16(2)7-13(23)21-9-10(3-4-12(16)21)14-11-8-19-5-6-22(11,18)15(17)20-14/h5-6,8,10,12H,3-4,7,9H2,1-2H3/q+1. The third kappa shape index (κ3) is 2.18. The summed E-state index contributed by atoms with van der Waals surface area (Å²) in [5.41, 5.74) is 1.91. The summed E-state index contributed by atoms with van der Waals surface area (Å²) in [5.74, 6) is 0.475.